The summed E-state index contributed by atoms with van der Waals surface area (Å²) in [4.78, 5) is 2.49. The van der Waals surface area contributed by atoms with E-state index in [0.29, 0.717) is 6.04 Å². The number of nitrogens with zero attached hydrogens (tertiary/aromatic N) is 1. The first-order valence-electron chi connectivity index (χ1n) is 10.5. The SMILES string of the molecule is CC1N(C)c2ccc3ccccc3c2C1(Cc1ccccc1)Cc1ccccc1. The summed E-state index contributed by atoms with van der Waals surface area (Å²) >= 11 is 0. The zero-order chi connectivity index (χ0) is 19.8. The lowest BCUT2D eigenvalue weighted by Gasteiger charge is -2.37. The average Bonchev–Trinajstić information content (AvgIpc) is 2.97. The predicted molar refractivity (Wildman–Crippen MR) is 124 cm³/mol. The number of hydrogen-bond acceptors (Lipinski definition) is 1. The third kappa shape index (κ3) is 2.93. The van der Waals surface area contributed by atoms with Crippen LogP contribution in [0.25, 0.3) is 10.8 Å². The van der Waals surface area contributed by atoms with Gasteiger partial charge in [0.15, 0.2) is 0 Å². The molecule has 1 unspecified atom stereocenters. The second-order valence-corrected chi connectivity index (χ2v) is 8.45. The smallest absolute Gasteiger partial charge is 0.0412 e. The van der Waals surface area contributed by atoms with E-state index in [9.17, 15) is 0 Å². The molecule has 4 aromatic carbocycles. The fraction of sp³-hybridized carbons (Fsp3) is 0.214. The molecule has 1 atom stereocenters. The maximum absolute atomic E-state index is 2.49. The van der Waals surface area contributed by atoms with E-state index >= 15 is 0 Å². The first-order chi connectivity index (χ1) is 14.2. The van der Waals surface area contributed by atoms with Crippen LogP contribution in [0, 0.1) is 0 Å². The Morgan fingerprint density at radius 2 is 1.24 bits per heavy atom. The lowest BCUT2D eigenvalue weighted by atomic mass is 9.67. The van der Waals surface area contributed by atoms with Crippen LogP contribution in [0.5, 0.6) is 0 Å². The molecule has 1 aliphatic rings. The summed E-state index contributed by atoms with van der Waals surface area (Å²) in [6, 6.07) is 35.9. The van der Waals surface area contributed by atoms with Gasteiger partial charge in [0.2, 0.25) is 0 Å². The van der Waals surface area contributed by atoms with E-state index in [1.807, 2.05) is 0 Å². The van der Waals surface area contributed by atoms with E-state index < -0.39 is 0 Å². The highest BCUT2D eigenvalue weighted by atomic mass is 15.2. The summed E-state index contributed by atoms with van der Waals surface area (Å²) in [7, 11) is 2.26. The fourth-order valence-electron chi connectivity index (χ4n) is 5.32. The lowest BCUT2D eigenvalue weighted by molar-refractivity contribution is 0.372. The monoisotopic (exact) mass is 377 g/mol. The van der Waals surface area contributed by atoms with Gasteiger partial charge in [0.05, 0.1) is 0 Å². The summed E-state index contributed by atoms with van der Waals surface area (Å²) < 4.78 is 0. The van der Waals surface area contributed by atoms with E-state index in [2.05, 4.69) is 116 Å². The Balaban J connectivity index is 1.77. The molecular formula is C28H27N. The zero-order valence-electron chi connectivity index (χ0n) is 17.2. The van der Waals surface area contributed by atoms with Crippen molar-refractivity contribution in [1.82, 2.24) is 0 Å². The standard InChI is InChI=1S/C28H27N/c1-21-28(19-22-11-5-3-6-12-22,20-23-13-7-4-8-14-23)27-25-16-10-9-15-24(25)17-18-26(27)29(21)2/h3-18,21H,19-20H2,1-2H3. The van der Waals surface area contributed by atoms with Crippen LogP contribution in [0.4, 0.5) is 5.69 Å². The Bertz CT molecular complexity index is 1090. The molecule has 0 N–H and O–H groups in total. The molecular weight excluding hydrogens is 350 g/mol. The van der Waals surface area contributed by atoms with Crippen molar-refractivity contribution in [3.8, 4) is 0 Å². The minimum atomic E-state index is 0.0215. The molecule has 5 rings (SSSR count). The second kappa shape index (κ2) is 7.08. The molecule has 1 nitrogen and oxygen atoms in total. The number of benzene rings is 4. The maximum Gasteiger partial charge on any atom is 0.0412 e. The number of rotatable bonds is 4. The Morgan fingerprint density at radius 1 is 0.690 bits per heavy atom. The van der Waals surface area contributed by atoms with Crippen molar-refractivity contribution >= 4 is 16.5 Å². The molecule has 0 aliphatic carbocycles. The molecule has 0 amide bonds. The predicted octanol–water partition coefficient (Wildman–Crippen LogP) is 6.40. The van der Waals surface area contributed by atoms with Gasteiger partial charge in [0.25, 0.3) is 0 Å². The van der Waals surface area contributed by atoms with Gasteiger partial charge in [-0.05, 0) is 53.3 Å². The van der Waals surface area contributed by atoms with Crippen LogP contribution >= 0.6 is 0 Å². The van der Waals surface area contributed by atoms with Gasteiger partial charge in [-0.2, -0.15) is 0 Å². The van der Waals surface area contributed by atoms with Crippen LogP contribution in [0.2, 0.25) is 0 Å². The molecule has 0 radical (unpaired) electrons. The molecule has 0 saturated carbocycles. The number of hydrogen-bond donors (Lipinski definition) is 0. The highest BCUT2D eigenvalue weighted by Crippen LogP contribution is 2.51. The van der Waals surface area contributed by atoms with E-state index in [1.165, 1.54) is 33.2 Å². The van der Waals surface area contributed by atoms with Crippen LogP contribution in [0.15, 0.2) is 97.1 Å². The van der Waals surface area contributed by atoms with Crippen LogP contribution in [0.1, 0.15) is 23.6 Å². The van der Waals surface area contributed by atoms with E-state index in [0.717, 1.165) is 12.8 Å². The summed E-state index contributed by atoms with van der Waals surface area (Å²) in [6.45, 7) is 2.40. The Labute approximate surface area is 173 Å². The summed E-state index contributed by atoms with van der Waals surface area (Å²) in [6.07, 6.45) is 2.07. The summed E-state index contributed by atoms with van der Waals surface area (Å²) in [5, 5.41) is 2.73. The molecule has 0 bridgehead atoms. The van der Waals surface area contributed by atoms with Gasteiger partial charge >= 0.3 is 0 Å². The Hall–Kier alpha value is -3.06. The van der Waals surface area contributed by atoms with Crippen molar-refractivity contribution < 1.29 is 0 Å². The van der Waals surface area contributed by atoms with Gasteiger partial charge < -0.3 is 4.90 Å². The largest absolute Gasteiger partial charge is 0.371 e. The number of fused-ring (bicyclic) bond motifs is 3. The minimum Gasteiger partial charge on any atom is -0.371 e. The fourth-order valence-corrected chi connectivity index (χ4v) is 5.32. The topological polar surface area (TPSA) is 3.24 Å². The average molecular weight is 378 g/mol. The number of likely N-dealkylation sites (N-methyl/N-ethyl adjacent to an activating group) is 1. The third-order valence-electron chi connectivity index (χ3n) is 6.89. The molecule has 4 aromatic rings. The van der Waals surface area contributed by atoms with Gasteiger partial charge in [-0.25, -0.2) is 0 Å². The Kier molecular flexibility index (Phi) is 4.39. The van der Waals surface area contributed by atoms with Crippen molar-refractivity contribution in [2.24, 2.45) is 0 Å². The summed E-state index contributed by atoms with van der Waals surface area (Å²) in [5.41, 5.74) is 5.73. The van der Waals surface area contributed by atoms with E-state index in [-0.39, 0.29) is 5.41 Å². The van der Waals surface area contributed by atoms with Crippen molar-refractivity contribution in [3.05, 3.63) is 114 Å². The quantitative estimate of drug-likeness (QED) is 0.398. The summed E-state index contributed by atoms with van der Waals surface area (Å²) in [5.74, 6) is 0. The van der Waals surface area contributed by atoms with Crippen molar-refractivity contribution in [3.63, 3.8) is 0 Å². The zero-order valence-corrected chi connectivity index (χ0v) is 17.2. The molecule has 1 heteroatoms. The Morgan fingerprint density at radius 3 is 1.86 bits per heavy atom. The van der Waals surface area contributed by atoms with Gasteiger partial charge in [-0.3, -0.25) is 0 Å². The molecule has 1 heterocycles. The van der Waals surface area contributed by atoms with Crippen molar-refractivity contribution in [2.45, 2.75) is 31.2 Å². The first kappa shape index (κ1) is 18.0. The second-order valence-electron chi connectivity index (χ2n) is 8.45. The highest BCUT2D eigenvalue weighted by Gasteiger charge is 2.48. The van der Waals surface area contributed by atoms with Crippen LogP contribution in [-0.2, 0) is 18.3 Å². The lowest BCUT2D eigenvalue weighted by Crippen LogP contribution is -2.44. The molecule has 0 aromatic heterocycles. The van der Waals surface area contributed by atoms with Crippen molar-refractivity contribution in [2.75, 3.05) is 11.9 Å². The van der Waals surface area contributed by atoms with Crippen LogP contribution < -0.4 is 4.90 Å². The molecule has 0 fully saturated rings. The number of anilines is 1. The van der Waals surface area contributed by atoms with Gasteiger partial charge in [-0.15, -0.1) is 0 Å². The first-order valence-corrected chi connectivity index (χ1v) is 10.5. The van der Waals surface area contributed by atoms with Gasteiger partial charge in [0.1, 0.15) is 0 Å². The molecule has 29 heavy (non-hydrogen) atoms. The van der Waals surface area contributed by atoms with Gasteiger partial charge in [-0.1, -0.05) is 91.0 Å². The molecule has 1 aliphatic heterocycles. The minimum absolute atomic E-state index is 0.0215. The van der Waals surface area contributed by atoms with E-state index in [1.54, 1.807) is 0 Å². The van der Waals surface area contributed by atoms with E-state index in [4.69, 9.17) is 0 Å². The highest BCUT2D eigenvalue weighted by molar-refractivity contribution is 5.93. The normalized spacial score (nSPS) is 17.4. The third-order valence-corrected chi connectivity index (χ3v) is 6.89. The molecule has 0 spiro atoms. The maximum atomic E-state index is 2.49. The van der Waals surface area contributed by atoms with Crippen molar-refractivity contribution in [1.29, 1.82) is 0 Å². The van der Waals surface area contributed by atoms with Crippen LogP contribution in [-0.4, -0.2) is 13.1 Å². The van der Waals surface area contributed by atoms with Crippen LogP contribution in [0.3, 0.4) is 0 Å². The van der Waals surface area contributed by atoms with Gasteiger partial charge in [0, 0.05) is 24.2 Å². The molecule has 0 saturated heterocycles. The molecule has 144 valence electrons.